The minimum absolute atomic E-state index is 0.00389. The van der Waals surface area contributed by atoms with Crippen LogP contribution in [0.5, 0.6) is 23.0 Å². The second kappa shape index (κ2) is 46.2. The number of aryl methyl sites for hydroxylation is 1. The average Bonchev–Trinajstić information content (AvgIpc) is 1.58. The van der Waals surface area contributed by atoms with Crippen molar-refractivity contribution in [3.8, 4) is 23.0 Å². The van der Waals surface area contributed by atoms with Crippen LogP contribution in [-0.2, 0) is 67.5 Å². The standard InChI is InChI=1S/C35H40F6N4O6.C33H36F6N4O5S.C30H30F6N4O3S/c1-4-6-29-33(50-25-9-7-24(8-10-25)34(36,37)38,13-5-15-45(29)31(46)26-19-42-14-11-27(26)35(39,40)41)32(47)44-16-12-23(20-44)30-22(2)51-43-28(30)21-49-18-17-48-3;1-2-6-27-31(48-22-19-28(49-21-22)33(37,38)39,10-5-12-43(27)29(45)23-20-40-11-9-24(23)32(34,35)36)30(46)42-15-13-41(14-16-42)25-7-3-4-8-26(25)47-18-17-44;1-2-4-25-28(43-21-7-5-20(6-8-21)29(31,32)33,27(42)39-14-10-19(16-39)24-17-44-18-38-24)11-3-13-40(25)26(41)22-15-37-12-9-23(22)30(34,35)36/h7-11,14,19,23,29H,4-6,12-13,15-18,20-21H2,1-3H3;3-4,7-9,11,19-21,27,44H,2,5-6,10,12-18H2,1H3;5-9,12,15,17-19,25H,2-4,10-11,13-14,16H2,1H3/t23?,29-,33+;27-,31+;19?,25-,28+/m111/s1. The Balaban J connectivity index is 0.000000182. The zero-order chi connectivity index (χ0) is 104. The number of amides is 6. The van der Waals surface area contributed by atoms with Crippen molar-refractivity contribution < 1.29 is 146 Å². The Kier molecular flexibility index (Phi) is 35.1. The van der Waals surface area contributed by atoms with Gasteiger partial charge in [0.1, 0.15) is 45.9 Å². The van der Waals surface area contributed by atoms with Gasteiger partial charge in [0.05, 0.1) is 106 Å². The number of thiazole rings is 1. The number of hydrogen-bond acceptors (Lipinski definition) is 22. The molecule has 12 heterocycles. The number of methoxy groups -OCH3 is 1. The van der Waals surface area contributed by atoms with E-state index >= 15 is 0 Å². The van der Waals surface area contributed by atoms with Crippen LogP contribution < -0.4 is 23.8 Å². The number of rotatable bonds is 29. The van der Waals surface area contributed by atoms with Crippen molar-refractivity contribution >= 4 is 63.8 Å². The van der Waals surface area contributed by atoms with E-state index in [1.165, 1.54) is 30.9 Å². The number of pyridine rings is 3. The maximum atomic E-state index is 14.9. The van der Waals surface area contributed by atoms with Gasteiger partial charge in [-0.3, -0.25) is 43.7 Å². The number of halogens is 18. The zero-order valence-corrected chi connectivity index (χ0v) is 80.4. The molecule has 0 bridgehead atoms. The summed E-state index contributed by atoms with van der Waals surface area (Å²) in [7, 11) is 1.55. The van der Waals surface area contributed by atoms with Gasteiger partial charge in [0.25, 0.3) is 35.4 Å². The number of nitrogens with zero attached hydrogens (tertiary/aromatic N) is 12. The molecule has 3 aromatic carbocycles. The third-order valence-corrected chi connectivity index (χ3v) is 27.9. The molecule has 26 nitrogen and oxygen atoms in total. The van der Waals surface area contributed by atoms with Crippen molar-refractivity contribution in [1.82, 2.24) is 54.5 Å². The van der Waals surface area contributed by atoms with Gasteiger partial charge in [-0.2, -0.15) is 79.0 Å². The molecule has 0 radical (unpaired) electrons. The number of para-hydroxylation sites is 2. The number of aliphatic hydroxyl groups is 1. The van der Waals surface area contributed by atoms with Crippen LogP contribution in [0.3, 0.4) is 0 Å². The maximum Gasteiger partial charge on any atom is 0.425 e. The SMILES string of the molecule is CCC[C@H]1N(C(=O)c2cnccc2C(F)(F)F)CCC[C@@]1(Oc1ccc(C(F)(F)F)cc1)C(=O)N1CCC(c2c(COCCOC)noc2C)C1.CCC[C@H]1N(C(=O)c2cnccc2C(F)(F)F)CCC[C@@]1(Oc1ccc(C(F)(F)F)cc1)C(=O)N1CCC(c2cscn2)C1.CCC[C@H]1N(C(=O)c2cnccc2C(F)(F)F)CCC[C@@]1(Oc1csc(C(F)(F)F)c1)C(=O)N1CCN(c2ccccc2OCCO)CC1. The molecule has 8 atom stereocenters. The van der Waals surface area contributed by atoms with Crippen molar-refractivity contribution in [1.29, 1.82) is 0 Å². The van der Waals surface area contributed by atoms with Crippen molar-refractivity contribution in [3.05, 3.63) is 223 Å². The van der Waals surface area contributed by atoms with Crippen molar-refractivity contribution in [2.75, 3.05) is 110 Å². The molecule has 0 spiro atoms. The van der Waals surface area contributed by atoms with Gasteiger partial charge in [0.2, 0.25) is 16.8 Å². The number of aromatic nitrogens is 5. The molecule has 1 N–H and O–H groups in total. The Morgan fingerprint density at radius 3 is 1.32 bits per heavy atom. The van der Waals surface area contributed by atoms with Crippen LogP contribution in [0.15, 0.2) is 155 Å². The fraction of sp³-hybridized carbons (Fsp3) is 0.500. The number of carbonyl (C=O) groups is 6. The third-order valence-electron chi connectivity index (χ3n) is 26.3. The van der Waals surface area contributed by atoms with E-state index in [4.69, 9.17) is 32.9 Å². The first-order valence-electron chi connectivity index (χ1n) is 46.7. The van der Waals surface area contributed by atoms with Crippen LogP contribution in [0.2, 0.25) is 0 Å². The van der Waals surface area contributed by atoms with E-state index in [1.54, 1.807) is 55.3 Å². The molecule has 6 aliphatic heterocycles. The summed E-state index contributed by atoms with van der Waals surface area (Å²) in [6.07, 6.45) is -19.5. The Morgan fingerprint density at radius 1 is 0.486 bits per heavy atom. The third kappa shape index (κ3) is 24.7. The van der Waals surface area contributed by atoms with Crippen LogP contribution in [0.1, 0.15) is 209 Å². The monoisotopic (exact) mass is 2080 g/mol. The molecule has 9 aromatic rings. The van der Waals surface area contributed by atoms with Gasteiger partial charge in [0, 0.05) is 170 Å². The maximum absolute atomic E-state index is 14.9. The molecular formula is C98H106F18N12O14S2. The first-order valence-corrected chi connectivity index (χ1v) is 48.6. The number of thiophene rings is 1. The fourth-order valence-corrected chi connectivity index (χ4v) is 21.1. The number of piperazine rings is 1. The zero-order valence-electron chi connectivity index (χ0n) is 78.8. The van der Waals surface area contributed by atoms with Gasteiger partial charge in [-0.1, -0.05) is 57.3 Å². The van der Waals surface area contributed by atoms with Crippen molar-refractivity contribution in [2.24, 2.45) is 0 Å². The lowest BCUT2D eigenvalue weighted by atomic mass is 9.79. The summed E-state index contributed by atoms with van der Waals surface area (Å²) in [5.41, 5.74) is -8.17. The average molecular weight is 2080 g/mol. The minimum atomic E-state index is -4.86. The predicted molar refractivity (Wildman–Crippen MR) is 487 cm³/mol. The number of carbonyl (C=O) groups excluding carboxylic acids is 6. The van der Waals surface area contributed by atoms with Gasteiger partial charge in [-0.15, -0.1) is 22.7 Å². The Labute approximate surface area is 824 Å². The first-order chi connectivity index (χ1) is 68.4. The van der Waals surface area contributed by atoms with Gasteiger partial charge in [-0.05, 0) is 137 Å². The van der Waals surface area contributed by atoms with Gasteiger partial charge < -0.3 is 72.4 Å². The lowest BCUT2D eigenvalue weighted by Crippen LogP contribution is -2.69. The van der Waals surface area contributed by atoms with Crippen LogP contribution >= 0.6 is 22.7 Å². The summed E-state index contributed by atoms with van der Waals surface area (Å²) in [5.74, 6) is -3.88. The number of ether oxygens (including phenoxy) is 6. The normalized spacial score (nSPS) is 21.4. The smallest absolute Gasteiger partial charge is 0.425 e. The van der Waals surface area contributed by atoms with Gasteiger partial charge in [-0.25, -0.2) is 4.98 Å². The van der Waals surface area contributed by atoms with E-state index < -0.39 is 157 Å². The summed E-state index contributed by atoms with van der Waals surface area (Å²) >= 11 is 1.83. The number of piperidine rings is 3. The van der Waals surface area contributed by atoms with Crippen LogP contribution in [-0.4, -0.2) is 235 Å². The second-order valence-corrected chi connectivity index (χ2v) is 37.1. The molecule has 0 saturated carbocycles. The molecule has 15 rings (SSSR count). The number of benzene rings is 3. The van der Waals surface area contributed by atoms with E-state index in [0.717, 1.165) is 126 Å². The number of anilines is 1. The highest BCUT2D eigenvalue weighted by atomic mass is 32.1. The quantitative estimate of drug-likeness (QED) is 0.0337. The molecule has 144 heavy (non-hydrogen) atoms. The second-order valence-electron chi connectivity index (χ2n) is 35.5. The highest BCUT2D eigenvalue weighted by Gasteiger charge is 2.61. The number of aliphatic hydroxyl groups excluding tert-OH is 1. The highest BCUT2D eigenvalue weighted by molar-refractivity contribution is 7.10. The van der Waals surface area contributed by atoms with Gasteiger partial charge >= 0.3 is 37.1 Å². The molecule has 6 saturated heterocycles. The number of alkyl halides is 18. The summed E-state index contributed by atoms with van der Waals surface area (Å²) in [4.78, 5) is 111. The van der Waals surface area contributed by atoms with E-state index in [-0.39, 0.29) is 153 Å². The van der Waals surface area contributed by atoms with E-state index in [9.17, 15) is 113 Å². The lowest BCUT2D eigenvalue weighted by Gasteiger charge is -2.50. The fourth-order valence-electron chi connectivity index (χ4n) is 19.8. The minimum Gasteiger partial charge on any atom is -0.489 e. The largest absolute Gasteiger partial charge is 0.489 e. The Hall–Kier alpha value is -11.9. The lowest BCUT2D eigenvalue weighted by molar-refractivity contribution is -0.160. The van der Waals surface area contributed by atoms with Crippen LogP contribution in [0, 0.1) is 6.92 Å². The number of hydrogen-bond donors (Lipinski definition) is 1. The summed E-state index contributed by atoms with van der Waals surface area (Å²) in [6, 6.07) is 14.8. The summed E-state index contributed by atoms with van der Waals surface area (Å²) in [5, 5.41) is 16.4. The molecular weight excluding hydrogens is 1980 g/mol. The molecule has 46 heteroatoms. The Morgan fingerprint density at radius 2 is 0.917 bits per heavy atom. The number of likely N-dealkylation sites (tertiary alicyclic amines) is 5. The molecule has 6 fully saturated rings. The molecule has 0 aliphatic carbocycles. The molecule has 2 unspecified atom stereocenters. The first kappa shape index (κ1) is 109. The van der Waals surface area contributed by atoms with Crippen molar-refractivity contribution in [2.45, 2.75) is 208 Å². The van der Waals surface area contributed by atoms with E-state index in [2.05, 4.69) is 25.1 Å². The van der Waals surface area contributed by atoms with Crippen molar-refractivity contribution in [3.63, 3.8) is 0 Å². The summed E-state index contributed by atoms with van der Waals surface area (Å²) in [6.45, 7) is 10.2. The van der Waals surface area contributed by atoms with Crippen LogP contribution in [0.25, 0.3) is 0 Å². The topological polar surface area (TPSA) is 278 Å². The Bertz CT molecular complexity index is 5850. The molecule has 6 amide bonds. The molecule has 780 valence electrons. The predicted octanol–water partition coefficient (Wildman–Crippen LogP) is 19.8. The van der Waals surface area contributed by atoms with Crippen LogP contribution in [0.4, 0.5) is 84.7 Å². The summed E-state index contributed by atoms with van der Waals surface area (Å²) < 4.78 is 288. The molecule has 6 aromatic heterocycles. The molecule has 6 aliphatic rings. The highest BCUT2D eigenvalue weighted by Crippen LogP contribution is 2.49. The van der Waals surface area contributed by atoms with E-state index in [1.807, 2.05) is 29.3 Å². The van der Waals surface area contributed by atoms with E-state index in [0.29, 0.717) is 106 Å². The van der Waals surface area contributed by atoms with Gasteiger partial charge in [0.15, 0.2) is 0 Å².